The van der Waals surface area contributed by atoms with Crippen LogP contribution in [0.15, 0.2) is 18.5 Å². The molecule has 0 saturated carbocycles. The first-order chi connectivity index (χ1) is 11.6. The van der Waals surface area contributed by atoms with Crippen LogP contribution in [-0.4, -0.2) is 51.7 Å². The van der Waals surface area contributed by atoms with E-state index in [4.69, 9.17) is 0 Å². The van der Waals surface area contributed by atoms with E-state index < -0.39 is 12.1 Å². The lowest BCUT2D eigenvalue weighted by atomic mass is 9.93. The molecule has 3 rings (SSSR count). The lowest BCUT2D eigenvalue weighted by Crippen LogP contribution is -2.39. The number of carbonyl (C=O) groups excluding carboxylic acids is 3. The fourth-order valence-corrected chi connectivity index (χ4v) is 3.31. The Labute approximate surface area is 140 Å². The van der Waals surface area contributed by atoms with Crippen molar-refractivity contribution in [1.82, 2.24) is 25.3 Å². The van der Waals surface area contributed by atoms with Crippen LogP contribution in [0.4, 0.5) is 4.79 Å². The summed E-state index contributed by atoms with van der Waals surface area (Å²) in [5.41, 5.74) is 0. The average molecular weight is 333 g/mol. The van der Waals surface area contributed by atoms with Gasteiger partial charge in [0.1, 0.15) is 6.04 Å². The predicted octanol–water partition coefficient (Wildman–Crippen LogP) is 0.500. The zero-order valence-corrected chi connectivity index (χ0v) is 13.6. The summed E-state index contributed by atoms with van der Waals surface area (Å²) in [6.45, 7) is 2.46. The Morgan fingerprint density at radius 1 is 1.25 bits per heavy atom. The molecule has 2 saturated heterocycles. The van der Waals surface area contributed by atoms with Crippen molar-refractivity contribution in [3.05, 3.63) is 18.5 Å². The Morgan fingerprint density at radius 3 is 2.67 bits per heavy atom. The molecule has 0 aromatic carbocycles. The maximum Gasteiger partial charge on any atom is 0.322 e. The molecule has 2 aliphatic rings. The van der Waals surface area contributed by atoms with E-state index in [9.17, 15) is 14.4 Å². The van der Waals surface area contributed by atoms with Gasteiger partial charge in [-0.05, 0) is 37.7 Å². The van der Waals surface area contributed by atoms with Gasteiger partial charge in [-0.2, -0.15) is 5.10 Å². The van der Waals surface area contributed by atoms with E-state index in [-0.39, 0.29) is 18.2 Å². The van der Waals surface area contributed by atoms with Crippen molar-refractivity contribution in [3.8, 4) is 0 Å². The third-order valence-corrected chi connectivity index (χ3v) is 4.80. The number of nitrogens with one attached hydrogen (secondary N) is 2. The van der Waals surface area contributed by atoms with Gasteiger partial charge < -0.3 is 10.2 Å². The number of nitrogens with zero attached hydrogens (tertiary/aromatic N) is 3. The third-order valence-electron chi connectivity index (χ3n) is 4.80. The molecule has 3 heterocycles. The highest BCUT2D eigenvalue weighted by atomic mass is 16.2. The lowest BCUT2D eigenvalue weighted by Gasteiger charge is -2.32. The van der Waals surface area contributed by atoms with Crippen molar-refractivity contribution >= 4 is 17.8 Å². The first kappa shape index (κ1) is 16.5. The molecule has 2 N–H and O–H groups in total. The van der Waals surface area contributed by atoms with Crippen LogP contribution in [0.2, 0.25) is 0 Å². The normalized spacial score (nSPS) is 21.7. The van der Waals surface area contributed by atoms with Crippen LogP contribution >= 0.6 is 0 Å². The third kappa shape index (κ3) is 4.12. The molecule has 0 unspecified atom stereocenters. The number of rotatable bonds is 6. The summed E-state index contributed by atoms with van der Waals surface area (Å²) in [7, 11) is 0. The molecule has 0 bridgehead atoms. The van der Waals surface area contributed by atoms with Crippen molar-refractivity contribution < 1.29 is 14.4 Å². The molecule has 24 heavy (non-hydrogen) atoms. The molecule has 0 aliphatic carbocycles. The Balaban J connectivity index is 1.35. The topological polar surface area (TPSA) is 96.3 Å². The molecule has 0 radical (unpaired) electrons. The number of imide groups is 1. The standard InChI is InChI=1S/C16H23N5O3/c22-14(3-2-13-15(23)19-16(24)18-13)20-9-4-12(5-10-20)6-11-21-8-1-7-17-21/h1,7-8,12-13H,2-6,9-11H2,(H2,18,19,23,24)/t13-/m1/s1. The number of amides is 4. The van der Waals surface area contributed by atoms with Crippen molar-refractivity contribution in [3.63, 3.8) is 0 Å². The SMILES string of the molecule is O=C1NC(=O)[C@@H](CCC(=O)N2CCC(CCn3cccn3)CC2)N1. The van der Waals surface area contributed by atoms with Crippen LogP contribution in [0, 0.1) is 5.92 Å². The van der Waals surface area contributed by atoms with E-state index in [0.29, 0.717) is 12.3 Å². The Morgan fingerprint density at radius 2 is 2.04 bits per heavy atom. The van der Waals surface area contributed by atoms with Gasteiger partial charge in [0, 0.05) is 38.4 Å². The van der Waals surface area contributed by atoms with Crippen molar-refractivity contribution in [2.75, 3.05) is 13.1 Å². The Hall–Kier alpha value is -2.38. The van der Waals surface area contributed by atoms with Crippen molar-refractivity contribution in [1.29, 1.82) is 0 Å². The number of aromatic nitrogens is 2. The minimum absolute atomic E-state index is 0.0643. The fraction of sp³-hybridized carbons (Fsp3) is 0.625. The second kappa shape index (κ2) is 7.46. The monoisotopic (exact) mass is 333 g/mol. The summed E-state index contributed by atoms with van der Waals surface area (Å²) < 4.78 is 1.94. The average Bonchev–Trinajstić information content (AvgIpc) is 3.20. The number of hydrogen-bond donors (Lipinski definition) is 2. The number of likely N-dealkylation sites (tertiary alicyclic amines) is 1. The zero-order valence-electron chi connectivity index (χ0n) is 13.6. The van der Waals surface area contributed by atoms with Crippen molar-refractivity contribution in [2.24, 2.45) is 5.92 Å². The smallest absolute Gasteiger partial charge is 0.322 e. The number of urea groups is 1. The van der Waals surface area contributed by atoms with Crippen LogP contribution in [0.25, 0.3) is 0 Å². The van der Waals surface area contributed by atoms with Gasteiger partial charge in [-0.25, -0.2) is 4.79 Å². The summed E-state index contributed by atoms with van der Waals surface area (Å²) in [5, 5.41) is 8.91. The van der Waals surface area contributed by atoms with E-state index in [1.165, 1.54) is 0 Å². The largest absolute Gasteiger partial charge is 0.343 e. The number of piperidine rings is 1. The molecule has 2 fully saturated rings. The van der Waals surface area contributed by atoms with E-state index >= 15 is 0 Å². The van der Waals surface area contributed by atoms with E-state index in [1.807, 2.05) is 21.8 Å². The molecule has 4 amide bonds. The zero-order chi connectivity index (χ0) is 16.9. The summed E-state index contributed by atoms with van der Waals surface area (Å²) >= 11 is 0. The Kier molecular flexibility index (Phi) is 5.12. The van der Waals surface area contributed by atoms with Gasteiger partial charge in [0.25, 0.3) is 5.91 Å². The second-order valence-electron chi connectivity index (χ2n) is 6.44. The maximum atomic E-state index is 12.3. The molecule has 1 atom stereocenters. The summed E-state index contributed by atoms with van der Waals surface area (Å²) in [4.78, 5) is 36.6. The molecule has 8 nitrogen and oxygen atoms in total. The van der Waals surface area contributed by atoms with E-state index in [2.05, 4.69) is 15.7 Å². The first-order valence-corrected chi connectivity index (χ1v) is 8.48. The second-order valence-corrected chi connectivity index (χ2v) is 6.44. The molecule has 1 aromatic heterocycles. The number of carbonyl (C=O) groups is 3. The molecule has 0 spiro atoms. The molecule has 2 aliphatic heterocycles. The molecule has 1 aromatic rings. The first-order valence-electron chi connectivity index (χ1n) is 8.48. The molecule has 8 heteroatoms. The fourth-order valence-electron chi connectivity index (χ4n) is 3.31. The van der Waals surface area contributed by atoms with Crippen LogP contribution in [0.5, 0.6) is 0 Å². The molecular formula is C16H23N5O3. The van der Waals surface area contributed by atoms with Crippen molar-refractivity contribution in [2.45, 2.75) is 44.7 Å². The minimum Gasteiger partial charge on any atom is -0.343 e. The Bertz CT molecular complexity index is 593. The highest BCUT2D eigenvalue weighted by molar-refractivity contribution is 6.04. The van der Waals surface area contributed by atoms with Gasteiger partial charge in [0.15, 0.2) is 0 Å². The predicted molar refractivity (Wildman–Crippen MR) is 85.8 cm³/mol. The molecular weight excluding hydrogens is 310 g/mol. The summed E-state index contributed by atoms with van der Waals surface area (Å²) in [6.07, 6.45) is 7.50. The highest BCUT2D eigenvalue weighted by Gasteiger charge is 2.30. The van der Waals surface area contributed by atoms with Gasteiger partial charge in [-0.3, -0.25) is 19.6 Å². The minimum atomic E-state index is -0.576. The van der Waals surface area contributed by atoms with E-state index in [1.54, 1.807) is 6.20 Å². The summed E-state index contributed by atoms with van der Waals surface area (Å²) in [5.74, 6) is 0.345. The van der Waals surface area contributed by atoms with Crippen LogP contribution < -0.4 is 10.6 Å². The van der Waals surface area contributed by atoms with Gasteiger partial charge in [-0.15, -0.1) is 0 Å². The van der Waals surface area contributed by atoms with Gasteiger partial charge in [-0.1, -0.05) is 0 Å². The quantitative estimate of drug-likeness (QED) is 0.741. The lowest BCUT2D eigenvalue weighted by molar-refractivity contribution is -0.132. The van der Waals surface area contributed by atoms with Gasteiger partial charge in [0.05, 0.1) is 0 Å². The van der Waals surface area contributed by atoms with Crippen LogP contribution in [0.3, 0.4) is 0 Å². The number of aryl methyl sites for hydroxylation is 1. The maximum absolute atomic E-state index is 12.3. The highest BCUT2D eigenvalue weighted by Crippen LogP contribution is 2.22. The van der Waals surface area contributed by atoms with Crippen LogP contribution in [-0.2, 0) is 16.1 Å². The number of hydrogen-bond acceptors (Lipinski definition) is 4. The van der Waals surface area contributed by atoms with Crippen LogP contribution in [0.1, 0.15) is 32.1 Å². The van der Waals surface area contributed by atoms with Gasteiger partial charge >= 0.3 is 6.03 Å². The van der Waals surface area contributed by atoms with E-state index in [0.717, 1.165) is 38.9 Å². The molecule has 130 valence electrons. The van der Waals surface area contributed by atoms with Gasteiger partial charge in [0.2, 0.25) is 5.91 Å². The summed E-state index contributed by atoms with van der Waals surface area (Å²) in [6, 6.07) is 0.873.